The first-order valence-corrected chi connectivity index (χ1v) is 8.86. The van der Waals surface area contributed by atoms with Crippen molar-refractivity contribution >= 4 is 5.91 Å². The zero-order chi connectivity index (χ0) is 18.4. The van der Waals surface area contributed by atoms with E-state index in [0.717, 1.165) is 36.3 Å². The summed E-state index contributed by atoms with van der Waals surface area (Å²) >= 11 is 0. The van der Waals surface area contributed by atoms with Crippen molar-refractivity contribution in [3.05, 3.63) is 65.2 Å². The van der Waals surface area contributed by atoms with E-state index in [2.05, 4.69) is 11.8 Å². The van der Waals surface area contributed by atoms with Gasteiger partial charge in [-0.25, -0.2) is 0 Å². The molecule has 1 heterocycles. The van der Waals surface area contributed by atoms with Gasteiger partial charge in [0.15, 0.2) is 0 Å². The van der Waals surface area contributed by atoms with Crippen molar-refractivity contribution in [2.45, 2.75) is 12.8 Å². The van der Waals surface area contributed by atoms with E-state index in [9.17, 15) is 9.90 Å². The van der Waals surface area contributed by atoms with Crippen LogP contribution >= 0.6 is 0 Å². The molecule has 0 saturated carbocycles. The van der Waals surface area contributed by atoms with Crippen molar-refractivity contribution in [2.24, 2.45) is 5.92 Å². The number of benzene rings is 2. The number of carbonyl (C=O) groups excluding carboxylic acids is 1. The molecule has 4 nitrogen and oxygen atoms in total. The average Bonchev–Trinajstić information content (AvgIpc) is 2.72. The minimum absolute atomic E-state index is 0.0258. The van der Waals surface area contributed by atoms with Crippen LogP contribution in [0.5, 0.6) is 5.75 Å². The number of aliphatic hydroxyl groups is 1. The van der Waals surface area contributed by atoms with Crippen LogP contribution in [0.25, 0.3) is 0 Å². The summed E-state index contributed by atoms with van der Waals surface area (Å²) in [5.41, 5.74) is 2.44. The number of rotatable bonds is 3. The van der Waals surface area contributed by atoms with Gasteiger partial charge < -0.3 is 14.7 Å². The van der Waals surface area contributed by atoms with E-state index in [1.54, 1.807) is 7.11 Å². The number of hydrogen-bond acceptors (Lipinski definition) is 3. The molecular weight excluding hydrogens is 326 g/mol. The molecule has 2 aromatic rings. The molecule has 3 rings (SSSR count). The van der Waals surface area contributed by atoms with Gasteiger partial charge in [-0.05, 0) is 67.3 Å². The van der Waals surface area contributed by atoms with Gasteiger partial charge >= 0.3 is 0 Å². The van der Waals surface area contributed by atoms with E-state index in [-0.39, 0.29) is 18.4 Å². The zero-order valence-electron chi connectivity index (χ0n) is 14.9. The van der Waals surface area contributed by atoms with Crippen molar-refractivity contribution in [1.29, 1.82) is 0 Å². The van der Waals surface area contributed by atoms with E-state index in [0.29, 0.717) is 12.1 Å². The summed E-state index contributed by atoms with van der Waals surface area (Å²) < 4.78 is 5.13. The molecule has 1 aliphatic rings. The smallest absolute Gasteiger partial charge is 0.253 e. The zero-order valence-corrected chi connectivity index (χ0v) is 14.9. The fourth-order valence-electron chi connectivity index (χ4n) is 3.10. The van der Waals surface area contributed by atoms with Gasteiger partial charge in [0.1, 0.15) is 5.75 Å². The molecule has 1 N–H and O–H groups in total. The monoisotopic (exact) mass is 349 g/mol. The Morgan fingerprint density at radius 2 is 1.73 bits per heavy atom. The lowest BCUT2D eigenvalue weighted by atomic mass is 9.98. The Hall–Kier alpha value is -2.77. The van der Waals surface area contributed by atoms with E-state index in [1.807, 2.05) is 53.4 Å². The highest BCUT2D eigenvalue weighted by Crippen LogP contribution is 2.18. The van der Waals surface area contributed by atoms with Gasteiger partial charge in [0, 0.05) is 36.4 Å². The van der Waals surface area contributed by atoms with Crippen LogP contribution in [0.3, 0.4) is 0 Å². The van der Waals surface area contributed by atoms with Gasteiger partial charge in [-0.2, -0.15) is 0 Å². The summed E-state index contributed by atoms with van der Waals surface area (Å²) in [6.45, 7) is 1.53. The Kier molecular flexibility index (Phi) is 5.93. The number of methoxy groups -OCH3 is 1. The standard InChI is InChI=1S/C22H23NO3/c1-26-21-12-8-18(9-13-21)5-4-17-6-10-20(11-7-17)22(25)23-14-2-3-19(15-23)16-24/h6-13,19,24H,2-3,14-16H2,1H3/t19-/m0/s1. The summed E-state index contributed by atoms with van der Waals surface area (Å²) in [5.74, 6) is 7.25. The summed E-state index contributed by atoms with van der Waals surface area (Å²) in [6.07, 6.45) is 1.93. The summed E-state index contributed by atoms with van der Waals surface area (Å²) in [5, 5.41) is 9.32. The van der Waals surface area contributed by atoms with Gasteiger partial charge in [-0.15, -0.1) is 0 Å². The van der Waals surface area contributed by atoms with Crippen LogP contribution < -0.4 is 4.74 Å². The molecule has 134 valence electrons. The number of aliphatic hydroxyl groups excluding tert-OH is 1. The number of carbonyl (C=O) groups is 1. The first-order chi connectivity index (χ1) is 12.7. The maximum Gasteiger partial charge on any atom is 0.253 e. The van der Waals surface area contributed by atoms with Crippen LogP contribution in [0.1, 0.15) is 34.3 Å². The molecule has 0 bridgehead atoms. The van der Waals surface area contributed by atoms with E-state index in [4.69, 9.17) is 4.74 Å². The van der Waals surface area contributed by atoms with Crippen molar-refractivity contribution in [1.82, 2.24) is 4.90 Å². The predicted octanol–water partition coefficient (Wildman–Crippen LogP) is 2.94. The fourth-order valence-corrected chi connectivity index (χ4v) is 3.10. The highest BCUT2D eigenvalue weighted by molar-refractivity contribution is 5.94. The third kappa shape index (κ3) is 4.44. The van der Waals surface area contributed by atoms with E-state index >= 15 is 0 Å². The first-order valence-electron chi connectivity index (χ1n) is 8.86. The van der Waals surface area contributed by atoms with Crippen LogP contribution in [0.15, 0.2) is 48.5 Å². The lowest BCUT2D eigenvalue weighted by molar-refractivity contribution is 0.0620. The predicted molar refractivity (Wildman–Crippen MR) is 101 cm³/mol. The second-order valence-corrected chi connectivity index (χ2v) is 6.50. The highest BCUT2D eigenvalue weighted by atomic mass is 16.5. The molecule has 1 atom stereocenters. The van der Waals surface area contributed by atoms with Crippen molar-refractivity contribution in [2.75, 3.05) is 26.8 Å². The van der Waals surface area contributed by atoms with Crippen LogP contribution in [-0.2, 0) is 0 Å². The third-order valence-corrected chi connectivity index (χ3v) is 4.64. The minimum Gasteiger partial charge on any atom is -0.497 e. The molecule has 0 aliphatic carbocycles. The van der Waals surface area contributed by atoms with E-state index in [1.165, 1.54) is 0 Å². The Bertz CT molecular complexity index is 800. The number of nitrogens with zero attached hydrogens (tertiary/aromatic N) is 1. The summed E-state index contributed by atoms with van der Waals surface area (Å²) in [6, 6.07) is 15.0. The lowest BCUT2D eigenvalue weighted by Gasteiger charge is -2.31. The van der Waals surface area contributed by atoms with Crippen LogP contribution in [0.2, 0.25) is 0 Å². The quantitative estimate of drug-likeness (QED) is 0.867. The number of amides is 1. The SMILES string of the molecule is COc1ccc(C#Cc2ccc(C(=O)N3CCC[C@H](CO)C3)cc2)cc1. The summed E-state index contributed by atoms with van der Waals surface area (Å²) in [7, 11) is 1.64. The van der Waals surface area contributed by atoms with E-state index < -0.39 is 0 Å². The van der Waals surface area contributed by atoms with Crippen molar-refractivity contribution in [3.63, 3.8) is 0 Å². The van der Waals surface area contributed by atoms with Gasteiger partial charge in [-0.1, -0.05) is 11.8 Å². The van der Waals surface area contributed by atoms with Crippen LogP contribution in [0, 0.1) is 17.8 Å². The molecule has 1 fully saturated rings. The Balaban J connectivity index is 1.66. The maximum absolute atomic E-state index is 12.6. The van der Waals surface area contributed by atoms with Crippen molar-refractivity contribution < 1.29 is 14.6 Å². The third-order valence-electron chi connectivity index (χ3n) is 4.64. The Morgan fingerprint density at radius 3 is 2.31 bits per heavy atom. The number of likely N-dealkylation sites (tertiary alicyclic amines) is 1. The maximum atomic E-state index is 12.6. The molecule has 1 aliphatic heterocycles. The molecule has 0 spiro atoms. The van der Waals surface area contributed by atoms with Crippen LogP contribution in [-0.4, -0.2) is 42.7 Å². The normalized spacial score (nSPS) is 16.5. The highest BCUT2D eigenvalue weighted by Gasteiger charge is 2.23. The fraction of sp³-hybridized carbons (Fsp3) is 0.318. The molecule has 0 radical (unpaired) electrons. The largest absolute Gasteiger partial charge is 0.497 e. The van der Waals surface area contributed by atoms with Gasteiger partial charge in [-0.3, -0.25) is 4.79 Å². The first kappa shape index (κ1) is 18.0. The van der Waals surface area contributed by atoms with Gasteiger partial charge in [0.25, 0.3) is 5.91 Å². The molecule has 26 heavy (non-hydrogen) atoms. The number of piperidine rings is 1. The molecule has 4 heteroatoms. The van der Waals surface area contributed by atoms with Crippen LogP contribution in [0.4, 0.5) is 0 Å². The molecule has 1 saturated heterocycles. The second-order valence-electron chi connectivity index (χ2n) is 6.50. The second kappa shape index (κ2) is 8.55. The van der Waals surface area contributed by atoms with Crippen molar-refractivity contribution in [3.8, 4) is 17.6 Å². The Labute approximate surface area is 154 Å². The lowest BCUT2D eigenvalue weighted by Crippen LogP contribution is -2.40. The molecule has 2 aromatic carbocycles. The minimum atomic E-state index is 0.0258. The molecule has 1 amide bonds. The number of ether oxygens (including phenoxy) is 1. The molecule has 0 aromatic heterocycles. The Morgan fingerprint density at radius 1 is 1.12 bits per heavy atom. The molecular formula is C22H23NO3. The number of hydrogen-bond donors (Lipinski definition) is 1. The average molecular weight is 349 g/mol. The van der Waals surface area contributed by atoms with Gasteiger partial charge in [0.05, 0.1) is 7.11 Å². The molecule has 0 unspecified atom stereocenters. The van der Waals surface area contributed by atoms with Gasteiger partial charge in [0.2, 0.25) is 0 Å². The summed E-state index contributed by atoms with van der Waals surface area (Å²) in [4.78, 5) is 14.4. The topological polar surface area (TPSA) is 49.8 Å².